The molecule has 0 heteroatoms. The third-order valence-corrected chi connectivity index (χ3v) is 2.11. The fourth-order valence-corrected chi connectivity index (χ4v) is 1.18. The minimum Gasteiger partial charge on any atom is -0.0882 e. The molecule has 0 fully saturated rings. The van der Waals surface area contributed by atoms with Gasteiger partial charge in [0.2, 0.25) is 0 Å². The highest BCUT2D eigenvalue weighted by atomic mass is 13.9. The Morgan fingerprint density at radius 2 is 1.77 bits per heavy atom. The molecule has 13 heavy (non-hydrogen) atoms. The van der Waals surface area contributed by atoms with Crippen LogP contribution in [-0.2, 0) is 0 Å². The molecule has 0 radical (unpaired) electrons. The predicted molar refractivity (Wildman–Crippen MR) is 61.9 cm³/mol. The predicted octanol–water partition coefficient (Wildman–Crippen LogP) is 4.87. The first-order valence-corrected chi connectivity index (χ1v) is 5.61. The normalized spacial score (nSPS) is 12.7. The molecule has 0 spiro atoms. The van der Waals surface area contributed by atoms with Gasteiger partial charge in [-0.15, -0.1) is 0 Å². The number of allylic oxidation sites excluding steroid dienone is 4. The summed E-state index contributed by atoms with van der Waals surface area (Å²) in [7, 11) is 0. The van der Waals surface area contributed by atoms with Crippen LogP contribution in [0.15, 0.2) is 23.8 Å². The summed E-state index contributed by atoms with van der Waals surface area (Å²) in [5.74, 6) is 0. The number of hydrogen-bond donors (Lipinski definition) is 0. The van der Waals surface area contributed by atoms with Gasteiger partial charge in [-0.3, -0.25) is 0 Å². The van der Waals surface area contributed by atoms with Gasteiger partial charge in [0.1, 0.15) is 0 Å². The van der Waals surface area contributed by atoms with Gasteiger partial charge < -0.3 is 0 Å². The summed E-state index contributed by atoms with van der Waals surface area (Å²) in [6, 6.07) is 0. The monoisotopic (exact) mass is 180 g/mol. The molecule has 0 aliphatic rings. The Bertz CT molecular complexity index is 151. The first kappa shape index (κ1) is 12.5. The van der Waals surface area contributed by atoms with E-state index in [1.165, 1.54) is 37.7 Å². The highest BCUT2D eigenvalue weighted by molar-refractivity contribution is 5.04. The van der Waals surface area contributed by atoms with Gasteiger partial charge in [0, 0.05) is 0 Å². The Balaban J connectivity index is 3.44. The molecule has 0 aliphatic heterocycles. The topological polar surface area (TPSA) is 0 Å². The molecule has 0 atom stereocenters. The van der Waals surface area contributed by atoms with Crippen LogP contribution in [0.3, 0.4) is 0 Å². The third kappa shape index (κ3) is 9.39. The van der Waals surface area contributed by atoms with Gasteiger partial charge in [0.25, 0.3) is 0 Å². The summed E-state index contributed by atoms with van der Waals surface area (Å²) in [6.07, 6.45) is 14.5. The zero-order valence-electron chi connectivity index (χ0n) is 9.47. The molecular weight excluding hydrogens is 156 g/mol. The second kappa shape index (κ2) is 9.57. The molecule has 76 valence electrons. The fourth-order valence-electron chi connectivity index (χ4n) is 1.18. The molecule has 0 nitrogen and oxygen atoms in total. The summed E-state index contributed by atoms with van der Waals surface area (Å²) in [5, 5.41) is 0. The second-order valence-electron chi connectivity index (χ2n) is 3.66. The van der Waals surface area contributed by atoms with Crippen molar-refractivity contribution in [2.45, 2.75) is 59.3 Å². The van der Waals surface area contributed by atoms with Gasteiger partial charge in [-0.25, -0.2) is 0 Å². The Hall–Kier alpha value is -0.520. The van der Waals surface area contributed by atoms with E-state index in [9.17, 15) is 0 Å². The van der Waals surface area contributed by atoms with E-state index >= 15 is 0 Å². The molecule has 0 heterocycles. The molecular formula is C13H24. The zero-order valence-corrected chi connectivity index (χ0v) is 9.47. The van der Waals surface area contributed by atoms with Gasteiger partial charge in [0.15, 0.2) is 0 Å². The van der Waals surface area contributed by atoms with Gasteiger partial charge in [-0.05, 0) is 26.2 Å². The van der Waals surface area contributed by atoms with E-state index in [0.29, 0.717) is 0 Å². The van der Waals surface area contributed by atoms with Crippen molar-refractivity contribution >= 4 is 0 Å². The van der Waals surface area contributed by atoms with Crippen molar-refractivity contribution in [1.29, 1.82) is 0 Å². The lowest BCUT2D eigenvalue weighted by molar-refractivity contribution is 0.813. The van der Waals surface area contributed by atoms with Crippen molar-refractivity contribution in [2.75, 3.05) is 0 Å². The van der Waals surface area contributed by atoms with Crippen LogP contribution in [0, 0.1) is 0 Å². The lowest BCUT2D eigenvalue weighted by atomic mass is 10.1. The second-order valence-corrected chi connectivity index (χ2v) is 3.66. The van der Waals surface area contributed by atoms with Crippen molar-refractivity contribution in [2.24, 2.45) is 0 Å². The first-order valence-electron chi connectivity index (χ1n) is 5.61. The van der Waals surface area contributed by atoms with Crippen LogP contribution in [0.4, 0.5) is 0 Å². The lowest BCUT2D eigenvalue weighted by Crippen LogP contribution is -1.74. The van der Waals surface area contributed by atoms with Crippen molar-refractivity contribution in [3.8, 4) is 0 Å². The summed E-state index contributed by atoms with van der Waals surface area (Å²) in [5.41, 5.74) is 1.51. The van der Waals surface area contributed by atoms with E-state index < -0.39 is 0 Å². The van der Waals surface area contributed by atoms with Gasteiger partial charge >= 0.3 is 0 Å². The van der Waals surface area contributed by atoms with Crippen molar-refractivity contribution in [3.63, 3.8) is 0 Å². The van der Waals surface area contributed by atoms with Crippen LogP contribution in [0.2, 0.25) is 0 Å². The van der Waals surface area contributed by atoms with E-state index in [-0.39, 0.29) is 0 Å². The zero-order chi connectivity index (χ0) is 9.94. The Labute approximate surface area is 83.7 Å². The highest BCUT2D eigenvalue weighted by Gasteiger charge is 1.84. The van der Waals surface area contributed by atoms with E-state index in [0.717, 1.165) is 6.42 Å². The largest absolute Gasteiger partial charge is 0.0882 e. The molecule has 0 saturated heterocycles. The maximum Gasteiger partial charge on any atom is -0.0142 e. The quantitative estimate of drug-likeness (QED) is 0.387. The van der Waals surface area contributed by atoms with Crippen LogP contribution in [0.5, 0.6) is 0 Å². The van der Waals surface area contributed by atoms with Crippen molar-refractivity contribution < 1.29 is 0 Å². The van der Waals surface area contributed by atoms with Crippen molar-refractivity contribution in [3.05, 3.63) is 23.8 Å². The summed E-state index contributed by atoms with van der Waals surface area (Å²) >= 11 is 0. The smallest absolute Gasteiger partial charge is 0.0142 e. The van der Waals surface area contributed by atoms with Crippen LogP contribution in [0.1, 0.15) is 59.3 Å². The Kier molecular flexibility index (Phi) is 9.18. The summed E-state index contributed by atoms with van der Waals surface area (Å²) < 4.78 is 0. The van der Waals surface area contributed by atoms with Crippen LogP contribution in [-0.4, -0.2) is 0 Å². The van der Waals surface area contributed by atoms with Gasteiger partial charge in [0.05, 0.1) is 0 Å². The SMILES string of the molecule is CCCC=C(C)CC=CCCCC. The minimum absolute atomic E-state index is 1.14. The Morgan fingerprint density at radius 3 is 2.38 bits per heavy atom. The van der Waals surface area contributed by atoms with E-state index in [1.54, 1.807) is 0 Å². The maximum atomic E-state index is 2.35. The third-order valence-electron chi connectivity index (χ3n) is 2.11. The molecule has 0 aromatic heterocycles. The summed E-state index contributed by atoms with van der Waals surface area (Å²) in [4.78, 5) is 0. The van der Waals surface area contributed by atoms with Gasteiger partial charge in [-0.2, -0.15) is 0 Å². The molecule has 0 bridgehead atoms. The molecule has 0 amide bonds. The average Bonchev–Trinajstić information content (AvgIpc) is 2.14. The molecule has 0 rings (SSSR count). The number of hydrogen-bond acceptors (Lipinski definition) is 0. The number of rotatable bonds is 7. The average molecular weight is 180 g/mol. The van der Waals surface area contributed by atoms with Gasteiger partial charge in [-0.1, -0.05) is 56.9 Å². The maximum absolute atomic E-state index is 2.35. The van der Waals surface area contributed by atoms with Crippen LogP contribution in [0.25, 0.3) is 0 Å². The molecule has 0 aliphatic carbocycles. The standard InChI is InChI=1S/C13H24/c1-4-6-8-9-10-12-13(3)11-7-5-2/h9-11H,4-8,12H2,1-3H3. The van der Waals surface area contributed by atoms with Crippen LogP contribution < -0.4 is 0 Å². The molecule has 0 N–H and O–H groups in total. The lowest BCUT2D eigenvalue weighted by Gasteiger charge is -1.95. The molecule has 0 unspecified atom stereocenters. The van der Waals surface area contributed by atoms with Crippen LogP contribution >= 0.6 is 0 Å². The van der Waals surface area contributed by atoms with E-state index in [2.05, 4.69) is 39.0 Å². The van der Waals surface area contributed by atoms with Crippen molar-refractivity contribution in [1.82, 2.24) is 0 Å². The van der Waals surface area contributed by atoms with E-state index in [4.69, 9.17) is 0 Å². The summed E-state index contributed by atoms with van der Waals surface area (Å²) in [6.45, 7) is 6.68. The fraction of sp³-hybridized carbons (Fsp3) is 0.692. The molecule has 0 aromatic carbocycles. The molecule has 0 aromatic rings. The Morgan fingerprint density at radius 1 is 1.00 bits per heavy atom. The first-order chi connectivity index (χ1) is 6.31. The number of unbranched alkanes of at least 4 members (excludes halogenated alkanes) is 3. The molecule has 0 saturated carbocycles. The van der Waals surface area contributed by atoms with E-state index in [1.807, 2.05) is 0 Å². The highest BCUT2D eigenvalue weighted by Crippen LogP contribution is 2.05. The minimum atomic E-state index is 1.14.